The van der Waals surface area contributed by atoms with E-state index in [0.29, 0.717) is 5.41 Å². The molecule has 5 nitrogen and oxygen atoms in total. The topological polar surface area (TPSA) is 61.6 Å². The van der Waals surface area contributed by atoms with Crippen molar-refractivity contribution in [1.82, 2.24) is 15.1 Å². The van der Waals surface area contributed by atoms with Gasteiger partial charge < -0.3 is 16.0 Å². The van der Waals surface area contributed by atoms with Crippen LogP contribution < -0.4 is 11.1 Å². The molecular weight excluding hydrogens is 276 g/mol. The Morgan fingerprint density at radius 3 is 2.35 bits per heavy atom. The second-order valence-electron chi connectivity index (χ2n) is 6.92. The third-order valence-corrected chi connectivity index (χ3v) is 4.83. The van der Waals surface area contributed by atoms with Crippen LogP contribution in [-0.2, 0) is 4.79 Å². The lowest BCUT2D eigenvalue weighted by Crippen LogP contribution is -2.60. The average Bonchev–Trinajstić information content (AvgIpc) is 2.76. The Hall–Kier alpha value is -0.360. The molecule has 0 radical (unpaired) electrons. The Labute approximate surface area is 128 Å². The lowest BCUT2D eigenvalue weighted by Gasteiger charge is -2.44. The van der Waals surface area contributed by atoms with Crippen LogP contribution in [-0.4, -0.2) is 67.1 Å². The summed E-state index contributed by atoms with van der Waals surface area (Å²) in [5.74, 6) is -0.229. The molecule has 1 amide bonds. The van der Waals surface area contributed by atoms with Crippen molar-refractivity contribution in [2.75, 3.05) is 45.8 Å². The maximum Gasteiger partial charge on any atom is 0.237 e. The third kappa shape index (κ3) is 3.85. The molecule has 2 rings (SSSR count). The fraction of sp³-hybridized carbons (Fsp3) is 0.929. The highest BCUT2D eigenvalue weighted by Crippen LogP contribution is 2.26. The molecule has 1 atom stereocenters. The molecule has 0 aliphatic carbocycles. The molecule has 0 saturated carbocycles. The molecule has 0 aromatic carbocycles. The minimum atomic E-state index is -0.523. The number of nitrogens with one attached hydrogen (secondary N) is 1. The monoisotopic (exact) mass is 304 g/mol. The number of carbonyl (C=O) groups excluding carboxylic acids is 1. The van der Waals surface area contributed by atoms with Gasteiger partial charge in [-0.25, -0.2) is 0 Å². The summed E-state index contributed by atoms with van der Waals surface area (Å²) in [6, 6.07) is 0. The first-order valence-electron chi connectivity index (χ1n) is 7.32. The molecule has 1 unspecified atom stereocenters. The summed E-state index contributed by atoms with van der Waals surface area (Å²) in [6.07, 6.45) is 1.26. The molecule has 2 aliphatic heterocycles. The summed E-state index contributed by atoms with van der Waals surface area (Å²) in [5, 5.41) is 3.45. The number of nitrogens with zero attached hydrogens (tertiary/aromatic N) is 2. The van der Waals surface area contributed by atoms with Crippen molar-refractivity contribution in [3.63, 3.8) is 0 Å². The van der Waals surface area contributed by atoms with Crippen LogP contribution in [0.25, 0.3) is 0 Å². The Kier molecular flexibility index (Phi) is 5.84. The van der Waals surface area contributed by atoms with Gasteiger partial charge in [-0.15, -0.1) is 12.4 Å². The highest BCUT2D eigenvalue weighted by atomic mass is 35.5. The van der Waals surface area contributed by atoms with E-state index in [-0.39, 0.29) is 18.3 Å². The second-order valence-corrected chi connectivity index (χ2v) is 6.92. The molecule has 3 N–H and O–H groups in total. The summed E-state index contributed by atoms with van der Waals surface area (Å²) in [6.45, 7) is 13.6. The molecule has 2 heterocycles. The third-order valence-electron chi connectivity index (χ3n) is 4.83. The number of carbonyl (C=O) groups is 1. The van der Waals surface area contributed by atoms with Crippen LogP contribution in [0.5, 0.6) is 0 Å². The molecule has 2 fully saturated rings. The van der Waals surface area contributed by atoms with Crippen LogP contribution in [0.3, 0.4) is 0 Å². The molecule has 0 bridgehead atoms. The van der Waals surface area contributed by atoms with Gasteiger partial charge in [0.2, 0.25) is 5.91 Å². The van der Waals surface area contributed by atoms with E-state index in [1.54, 1.807) is 0 Å². The molecule has 6 heteroatoms. The van der Waals surface area contributed by atoms with E-state index in [1.165, 1.54) is 6.42 Å². The van der Waals surface area contributed by atoms with Crippen LogP contribution in [0.4, 0.5) is 0 Å². The number of nitrogens with two attached hydrogens (primary N) is 1. The van der Waals surface area contributed by atoms with Gasteiger partial charge in [-0.1, -0.05) is 6.92 Å². The van der Waals surface area contributed by atoms with Crippen LogP contribution in [0, 0.1) is 5.41 Å². The first-order chi connectivity index (χ1) is 8.83. The van der Waals surface area contributed by atoms with E-state index < -0.39 is 5.54 Å². The van der Waals surface area contributed by atoms with Gasteiger partial charge >= 0.3 is 0 Å². The first-order valence-corrected chi connectivity index (χ1v) is 7.32. The quantitative estimate of drug-likeness (QED) is 0.784. The molecule has 0 aromatic rings. The van der Waals surface area contributed by atoms with Crippen molar-refractivity contribution in [3.8, 4) is 0 Å². The van der Waals surface area contributed by atoms with Gasteiger partial charge in [0.1, 0.15) is 0 Å². The molecule has 0 aromatic heterocycles. The number of hydrogen-bond donors (Lipinski definition) is 2. The number of rotatable bonds is 4. The highest BCUT2D eigenvalue weighted by molar-refractivity contribution is 5.85. The van der Waals surface area contributed by atoms with E-state index in [0.717, 1.165) is 45.8 Å². The number of amides is 1. The van der Waals surface area contributed by atoms with Crippen molar-refractivity contribution in [1.29, 1.82) is 0 Å². The largest absolute Gasteiger partial charge is 0.368 e. The average molecular weight is 305 g/mol. The van der Waals surface area contributed by atoms with E-state index in [1.807, 2.05) is 13.8 Å². The van der Waals surface area contributed by atoms with Crippen molar-refractivity contribution in [3.05, 3.63) is 0 Å². The highest BCUT2D eigenvalue weighted by Gasteiger charge is 2.36. The van der Waals surface area contributed by atoms with Crippen molar-refractivity contribution < 1.29 is 4.79 Å². The van der Waals surface area contributed by atoms with Gasteiger partial charge in [0, 0.05) is 39.3 Å². The van der Waals surface area contributed by atoms with Gasteiger partial charge in [0.15, 0.2) is 0 Å². The summed E-state index contributed by atoms with van der Waals surface area (Å²) in [4.78, 5) is 16.2. The smallest absolute Gasteiger partial charge is 0.237 e. The normalized spacial score (nSPS) is 29.1. The number of primary amides is 1. The van der Waals surface area contributed by atoms with Crippen LogP contribution >= 0.6 is 12.4 Å². The van der Waals surface area contributed by atoms with Gasteiger partial charge in [-0.05, 0) is 32.2 Å². The maximum absolute atomic E-state index is 11.5. The van der Waals surface area contributed by atoms with E-state index in [2.05, 4.69) is 22.0 Å². The Morgan fingerprint density at radius 1 is 1.30 bits per heavy atom. The summed E-state index contributed by atoms with van der Waals surface area (Å²) >= 11 is 0. The zero-order valence-corrected chi connectivity index (χ0v) is 13.8. The zero-order chi connectivity index (χ0) is 14.1. The summed E-state index contributed by atoms with van der Waals surface area (Å²) < 4.78 is 0. The van der Waals surface area contributed by atoms with Gasteiger partial charge in [-0.2, -0.15) is 0 Å². The van der Waals surface area contributed by atoms with Crippen LogP contribution in [0.15, 0.2) is 0 Å². The molecular formula is C14H29ClN4O. The predicted octanol–water partition coefficient (Wildman–Crippen LogP) is 0.289. The van der Waals surface area contributed by atoms with Gasteiger partial charge in [0.05, 0.1) is 5.54 Å². The van der Waals surface area contributed by atoms with Crippen LogP contribution in [0.1, 0.15) is 27.2 Å². The standard InChI is InChI=1S/C14H28N4O.ClH/c1-13(2,12(15)19)18-8-6-17(7-9-18)11-14(3)4-5-16-10-14;/h16H,4-11H2,1-3H3,(H2,15,19);1H. The minimum Gasteiger partial charge on any atom is -0.368 e. The molecule has 2 aliphatic rings. The number of piperazine rings is 1. The van der Waals surface area contributed by atoms with Gasteiger partial charge in [-0.3, -0.25) is 9.69 Å². The number of halogens is 1. The lowest BCUT2D eigenvalue weighted by atomic mass is 9.89. The summed E-state index contributed by atoms with van der Waals surface area (Å²) in [5.41, 5.74) is 5.38. The molecule has 118 valence electrons. The van der Waals surface area contributed by atoms with Gasteiger partial charge in [0.25, 0.3) is 0 Å². The van der Waals surface area contributed by atoms with Crippen molar-refractivity contribution in [2.45, 2.75) is 32.7 Å². The molecule has 2 saturated heterocycles. The van der Waals surface area contributed by atoms with E-state index in [9.17, 15) is 4.79 Å². The lowest BCUT2D eigenvalue weighted by molar-refractivity contribution is -0.129. The molecule has 0 spiro atoms. The minimum absolute atomic E-state index is 0. The summed E-state index contributed by atoms with van der Waals surface area (Å²) in [7, 11) is 0. The molecule has 20 heavy (non-hydrogen) atoms. The van der Waals surface area contributed by atoms with E-state index >= 15 is 0 Å². The second kappa shape index (κ2) is 6.60. The SMILES string of the molecule is CC1(CN2CCN(C(C)(C)C(N)=O)CC2)CCNC1.Cl. The van der Waals surface area contributed by atoms with Crippen molar-refractivity contribution >= 4 is 18.3 Å². The van der Waals surface area contributed by atoms with E-state index in [4.69, 9.17) is 5.73 Å². The fourth-order valence-electron chi connectivity index (χ4n) is 3.16. The zero-order valence-electron chi connectivity index (χ0n) is 12.9. The van der Waals surface area contributed by atoms with Crippen LogP contribution in [0.2, 0.25) is 0 Å². The van der Waals surface area contributed by atoms with Crippen molar-refractivity contribution in [2.24, 2.45) is 11.1 Å². The Bertz CT molecular complexity index is 334. The fourth-order valence-corrected chi connectivity index (χ4v) is 3.16. The Balaban J connectivity index is 0.00000200. The first kappa shape index (κ1) is 17.7. The Morgan fingerprint density at radius 2 is 1.90 bits per heavy atom. The maximum atomic E-state index is 11.5. The predicted molar refractivity (Wildman–Crippen MR) is 84.1 cm³/mol. The number of hydrogen-bond acceptors (Lipinski definition) is 4.